The van der Waals surface area contributed by atoms with Gasteiger partial charge in [-0.05, 0) is 13.8 Å². The average molecular weight is 156 g/mol. The summed E-state index contributed by atoms with van der Waals surface area (Å²) in [5.41, 5.74) is 0.231. The molecule has 11 heavy (non-hydrogen) atoms. The van der Waals surface area contributed by atoms with Crippen molar-refractivity contribution >= 4 is 0 Å². The third-order valence-electron chi connectivity index (χ3n) is 2.46. The number of rotatable bonds is 0. The van der Waals surface area contributed by atoms with Crippen molar-refractivity contribution < 1.29 is 4.74 Å². The Labute approximate surface area is 67.5 Å². The van der Waals surface area contributed by atoms with E-state index in [0.29, 0.717) is 12.1 Å². The average Bonchev–Trinajstić information content (AvgIpc) is 2.31. The zero-order chi connectivity index (χ0) is 7.90. The molecule has 2 unspecified atom stereocenters. The van der Waals surface area contributed by atoms with E-state index in [-0.39, 0.29) is 5.54 Å². The quantitative estimate of drug-likeness (QED) is 0.506. The van der Waals surface area contributed by atoms with Crippen LogP contribution in [-0.2, 0) is 4.74 Å². The molecular weight excluding hydrogens is 140 g/mol. The lowest BCUT2D eigenvalue weighted by atomic mass is 9.97. The molecule has 2 fully saturated rings. The van der Waals surface area contributed by atoms with Gasteiger partial charge in [-0.1, -0.05) is 0 Å². The Morgan fingerprint density at radius 3 is 2.82 bits per heavy atom. The van der Waals surface area contributed by atoms with Gasteiger partial charge in [-0.2, -0.15) is 0 Å². The number of hydrogen-bond acceptors (Lipinski definition) is 3. The van der Waals surface area contributed by atoms with E-state index in [0.717, 1.165) is 19.8 Å². The van der Waals surface area contributed by atoms with E-state index in [9.17, 15) is 0 Å². The highest BCUT2D eigenvalue weighted by atomic mass is 16.5. The van der Waals surface area contributed by atoms with Crippen molar-refractivity contribution in [1.29, 1.82) is 0 Å². The van der Waals surface area contributed by atoms with E-state index >= 15 is 0 Å². The van der Waals surface area contributed by atoms with Crippen LogP contribution >= 0.6 is 0 Å². The summed E-state index contributed by atoms with van der Waals surface area (Å²) in [7, 11) is 0. The van der Waals surface area contributed by atoms with Crippen LogP contribution in [0.4, 0.5) is 0 Å². The van der Waals surface area contributed by atoms with Crippen molar-refractivity contribution in [3.05, 3.63) is 0 Å². The fourth-order valence-corrected chi connectivity index (χ4v) is 1.84. The van der Waals surface area contributed by atoms with Gasteiger partial charge in [-0.3, -0.25) is 0 Å². The minimum Gasteiger partial charge on any atom is -0.378 e. The first-order valence-corrected chi connectivity index (χ1v) is 4.26. The van der Waals surface area contributed by atoms with E-state index in [2.05, 4.69) is 24.5 Å². The van der Waals surface area contributed by atoms with Gasteiger partial charge in [0.2, 0.25) is 0 Å². The molecule has 64 valence electrons. The van der Waals surface area contributed by atoms with Gasteiger partial charge in [0.25, 0.3) is 0 Å². The van der Waals surface area contributed by atoms with Gasteiger partial charge in [-0.25, -0.2) is 0 Å². The number of hydrogen-bond donors (Lipinski definition) is 2. The summed E-state index contributed by atoms with van der Waals surface area (Å²) < 4.78 is 5.36. The molecule has 0 aromatic rings. The predicted molar refractivity (Wildman–Crippen MR) is 43.6 cm³/mol. The molecule has 2 rings (SSSR count). The van der Waals surface area contributed by atoms with Crippen molar-refractivity contribution in [1.82, 2.24) is 10.6 Å². The van der Waals surface area contributed by atoms with Gasteiger partial charge in [0.1, 0.15) is 0 Å². The molecule has 0 aliphatic carbocycles. The fourth-order valence-electron chi connectivity index (χ4n) is 1.84. The minimum absolute atomic E-state index is 0.231. The monoisotopic (exact) mass is 156 g/mol. The van der Waals surface area contributed by atoms with Crippen molar-refractivity contribution in [2.75, 3.05) is 19.8 Å². The molecule has 0 bridgehead atoms. The van der Waals surface area contributed by atoms with Crippen LogP contribution in [0.25, 0.3) is 0 Å². The lowest BCUT2D eigenvalue weighted by molar-refractivity contribution is 0.186. The molecule has 2 saturated heterocycles. The van der Waals surface area contributed by atoms with E-state index in [1.165, 1.54) is 0 Å². The highest BCUT2D eigenvalue weighted by Gasteiger charge is 2.37. The zero-order valence-electron chi connectivity index (χ0n) is 7.18. The first kappa shape index (κ1) is 7.53. The van der Waals surface area contributed by atoms with Crippen LogP contribution in [0.5, 0.6) is 0 Å². The van der Waals surface area contributed by atoms with E-state index in [1.54, 1.807) is 0 Å². The smallest absolute Gasteiger partial charge is 0.0636 e. The van der Waals surface area contributed by atoms with Crippen LogP contribution < -0.4 is 10.6 Å². The summed E-state index contributed by atoms with van der Waals surface area (Å²) in [6.45, 7) is 7.20. The van der Waals surface area contributed by atoms with E-state index in [1.807, 2.05) is 0 Å². The molecule has 3 heteroatoms. The van der Waals surface area contributed by atoms with Gasteiger partial charge in [0, 0.05) is 24.2 Å². The first-order valence-electron chi connectivity index (χ1n) is 4.26. The van der Waals surface area contributed by atoms with Crippen LogP contribution in [-0.4, -0.2) is 37.4 Å². The highest BCUT2D eigenvalue weighted by molar-refractivity contribution is 4.99. The van der Waals surface area contributed by atoms with Gasteiger partial charge >= 0.3 is 0 Å². The van der Waals surface area contributed by atoms with Crippen LogP contribution in [0.2, 0.25) is 0 Å². The summed E-state index contributed by atoms with van der Waals surface area (Å²) in [6, 6.07) is 1.07. The molecule has 0 spiro atoms. The maximum Gasteiger partial charge on any atom is 0.0636 e. The van der Waals surface area contributed by atoms with Gasteiger partial charge < -0.3 is 15.4 Å². The maximum atomic E-state index is 5.36. The summed E-state index contributed by atoms with van der Waals surface area (Å²) >= 11 is 0. The molecule has 0 radical (unpaired) electrons. The molecule has 3 nitrogen and oxygen atoms in total. The number of ether oxygens (including phenoxy) is 1. The Kier molecular flexibility index (Phi) is 1.67. The molecule has 2 N–H and O–H groups in total. The standard InChI is InChI=1S/C8H16N2O/c1-8(2)5-9-6-3-11-4-7(6)10-8/h6-7,9-10H,3-5H2,1-2H3. The number of piperazine rings is 1. The molecule has 0 aromatic carbocycles. The SMILES string of the molecule is CC1(C)CNC2COCC2N1. The topological polar surface area (TPSA) is 33.3 Å². The summed E-state index contributed by atoms with van der Waals surface area (Å²) in [5.74, 6) is 0. The fraction of sp³-hybridized carbons (Fsp3) is 1.00. The molecule has 2 heterocycles. The van der Waals surface area contributed by atoms with E-state index in [4.69, 9.17) is 4.74 Å². The number of nitrogens with one attached hydrogen (secondary N) is 2. The minimum atomic E-state index is 0.231. The zero-order valence-corrected chi connectivity index (χ0v) is 7.18. The van der Waals surface area contributed by atoms with Crippen molar-refractivity contribution in [3.63, 3.8) is 0 Å². The first-order chi connectivity index (χ1) is 5.17. The third kappa shape index (κ3) is 1.41. The summed E-state index contributed by atoms with van der Waals surface area (Å²) in [6.07, 6.45) is 0. The van der Waals surface area contributed by atoms with Gasteiger partial charge in [0.05, 0.1) is 13.2 Å². The lowest BCUT2D eigenvalue weighted by Gasteiger charge is -2.38. The van der Waals surface area contributed by atoms with Gasteiger partial charge in [0.15, 0.2) is 0 Å². The Hall–Kier alpha value is -0.120. The maximum absolute atomic E-state index is 5.36. The summed E-state index contributed by atoms with van der Waals surface area (Å²) in [5, 5.41) is 7.05. The summed E-state index contributed by atoms with van der Waals surface area (Å²) in [4.78, 5) is 0. The number of fused-ring (bicyclic) bond motifs is 1. The molecule has 0 aromatic heterocycles. The van der Waals surface area contributed by atoms with Crippen LogP contribution in [0.1, 0.15) is 13.8 Å². The molecular formula is C8H16N2O. The predicted octanol–water partition coefficient (Wildman–Crippen LogP) is -0.275. The largest absolute Gasteiger partial charge is 0.378 e. The Bertz CT molecular complexity index is 158. The van der Waals surface area contributed by atoms with Crippen molar-refractivity contribution in [3.8, 4) is 0 Å². The van der Waals surface area contributed by atoms with E-state index < -0.39 is 0 Å². The lowest BCUT2D eigenvalue weighted by Crippen LogP contribution is -2.65. The van der Waals surface area contributed by atoms with Crippen LogP contribution in [0.15, 0.2) is 0 Å². The second kappa shape index (κ2) is 2.44. The van der Waals surface area contributed by atoms with Crippen LogP contribution in [0, 0.1) is 0 Å². The van der Waals surface area contributed by atoms with Crippen LogP contribution in [0.3, 0.4) is 0 Å². The second-order valence-electron chi connectivity index (χ2n) is 4.16. The van der Waals surface area contributed by atoms with Crippen molar-refractivity contribution in [2.24, 2.45) is 0 Å². The third-order valence-corrected chi connectivity index (χ3v) is 2.46. The Morgan fingerprint density at radius 1 is 1.27 bits per heavy atom. The molecule has 2 aliphatic heterocycles. The highest BCUT2D eigenvalue weighted by Crippen LogP contribution is 2.15. The van der Waals surface area contributed by atoms with Crippen molar-refractivity contribution in [2.45, 2.75) is 31.5 Å². The normalized spacial score (nSPS) is 42.0. The molecule has 2 atom stereocenters. The molecule has 2 aliphatic rings. The molecule has 0 saturated carbocycles. The second-order valence-corrected chi connectivity index (χ2v) is 4.16. The van der Waals surface area contributed by atoms with Gasteiger partial charge in [-0.15, -0.1) is 0 Å². The molecule has 0 amide bonds. The Morgan fingerprint density at radius 2 is 2.00 bits per heavy atom. The Balaban J connectivity index is 2.02.